The number of urea groups is 1. The van der Waals surface area contributed by atoms with E-state index in [9.17, 15) is 67.4 Å². The van der Waals surface area contributed by atoms with Gasteiger partial charge in [0, 0.05) is 83.7 Å². The fourth-order valence-corrected chi connectivity index (χ4v) is 16.3. The molecule has 3 unspecified atom stereocenters. The number of hydrogen-bond acceptors (Lipinski definition) is 21. The molecule has 2 aliphatic heterocycles. The molecule has 33 nitrogen and oxygen atoms in total. The Morgan fingerprint density at radius 2 is 1.37 bits per heavy atom. The lowest BCUT2D eigenvalue weighted by molar-refractivity contribution is -0.148. The standard InChI is InChI=1S/C82H123N13O20S/c1-16-50(8)71(93(12)78(107)69(48(4)5)91-76(105)70(49(6)7)92(10)11)62(112-14)40-65(98)95-44-58(39-60(95)72(113-15)51(9)73(102)87-43-61(96)55-26-25-54-38-57(111-13)30-27-53(54)37-55)115-81(110)86-35-34-85-80(109)114-45-52-23-28-56(29-24-52)88-74(103)59(21-20-33-84-79(83)108)89-75(104)68(47(2)3)90-64(97)22-18-17-19-36-94-66(99)41-63(77(94)106)116-46-82(31-32-82)42-67(100)101/h23-30,37-38,47-51,58-60,62-63,68-72H,16-22,31-36,39-46H2,1-15H3,(H,85,109)(H,86,110)(H,87,102)(H,88,103)(H,89,104)(H,90,97)(H,91,105)(H,100,101)(H3,83,84,108)/t50-,51+,58-,59?,60-,62+,63?,68-,69-,70-,71?,72+/m0/s1. The van der Waals surface area contributed by atoms with Crippen LogP contribution in [0.3, 0.4) is 0 Å². The number of Topliss-reactive ketones (excluding diaryl/α,β-unsaturated/α-hetero) is 1. The molecule has 34 heteroatoms. The summed E-state index contributed by atoms with van der Waals surface area (Å²) >= 11 is 1.34. The number of rotatable bonds is 48. The number of unbranched alkanes of at least 4 members (excludes halogenated alkanes) is 2. The second kappa shape index (κ2) is 45.7. The van der Waals surface area contributed by atoms with Crippen molar-refractivity contribution >= 4 is 111 Å². The van der Waals surface area contributed by atoms with E-state index >= 15 is 4.79 Å². The molecule has 2 saturated heterocycles. The maximum atomic E-state index is 15.1. The van der Waals surface area contributed by atoms with Crippen LogP contribution in [0, 0.1) is 35.0 Å². The van der Waals surface area contributed by atoms with Gasteiger partial charge in [-0.25, -0.2) is 14.4 Å². The molecule has 3 aromatic rings. The monoisotopic (exact) mass is 1640 g/mol. The summed E-state index contributed by atoms with van der Waals surface area (Å²) in [6.07, 6.45) is -0.944. The number of fused-ring (bicyclic) bond motifs is 1. The lowest BCUT2D eigenvalue weighted by atomic mass is 9.89. The first-order valence-corrected chi connectivity index (χ1v) is 41.0. The number of nitrogens with one attached hydrogen (secondary N) is 8. The van der Waals surface area contributed by atoms with E-state index in [2.05, 4.69) is 42.5 Å². The fraction of sp³-hybridized carbons (Fsp3) is 0.634. The number of nitrogens with two attached hydrogens (primary N) is 1. The maximum Gasteiger partial charge on any atom is 0.407 e. The number of thioether (sulfide) groups is 1. The highest BCUT2D eigenvalue weighted by atomic mass is 32.2. The van der Waals surface area contributed by atoms with E-state index in [1.807, 2.05) is 53.7 Å². The number of carbonyl (C=O) groups excluding carboxylic acids is 13. The van der Waals surface area contributed by atoms with Crippen LogP contribution in [0.15, 0.2) is 60.7 Å². The predicted molar refractivity (Wildman–Crippen MR) is 435 cm³/mol. The molecule has 3 aromatic carbocycles. The Labute approximate surface area is 684 Å². The van der Waals surface area contributed by atoms with Crippen LogP contribution in [0.4, 0.5) is 20.1 Å². The number of hydrogen-bond donors (Lipinski definition) is 10. The molecule has 1 aliphatic carbocycles. The summed E-state index contributed by atoms with van der Waals surface area (Å²) in [4.78, 5) is 193. The minimum Gasteiger partial charge on any atom is -0.497 e. The van der Waals surface area contributed by atoms with Crippen molar-refractivity contribution in [3.8, 4) is 5.75 Å². The van der Waals surface area contributed by atoms with Gasteiger partial charge in [-0.3, -0.25) is 62.5 Å². The van der Waals surface area contributed by atoms with Crippen molar-refractivity contribution in [3.05, 3.63) is 71.8 Å². The van der Waals surface area contributed by atoms with Gasteiger partial charge in [-0.15, -0.1) is 11.8 Å². The number of benzene rings is 3. The molecular weight excluding hydrogens is 1520 g/mol. The molecule has 0 radical (unpaired) electrons. The number of nitrogens with zero attached hydrogens (tertiary/aromatic N) is 4. The first-order valence-electron chi connectivity index (χ1n) is 40.0. The number of likely N-dealkylation sites (N-methyl/N-ethyl adjacent to an activating group) is 2. The molecule has 3 fully saturated rings. The number of primary amides is 1. The third kappa shape index (κ3) is 28.3. The van der Waals surface area contributed by atoms with E-state index < -0.39 is 125 Å². The average Bonchev–Trinajstić information content (AvgIpc) is 1.63. The van der Waals surface area contributed by atoms with E-state index in [0.29, 0.717) is 54.0 Å². The van der Waals surface area contributed by atoms with Gasteiger partial charge in [-0.2, -0.15) is 0 Å². The summed E-state index contributed by atoms with van der Waals surface area (Å²) in [6, 6.07) is 11.0. The number of aliphatic carboxylic acids is 1. The summed E-state index contributed by atoms with van der Waals surface area (Å²) in [6.45, 7) is 15.8. The molecule has 6 rings (SSSR count). The van der Waals surface area contributed by atoms with E-state index in [0.717, 1.165) is 23.6 Å². The molecule has 0 spiro atoms. The molecule has 116 heavy (non-hydrogen) atoms. The highest BCUT2D eigenvalue weighted by molar-refractivity contribution is 8.00. The molecule has 11 N–H and O–H groups in total. The van der Waals surface area contributed by atoms with Gasteiger partial charge in [0.15, 0.2) is 5.78 Å². The number of amides is 13. The van der Waals surface area contributed by atoms with Gasteiger partial charge in [-0.05, 0) is 128 Å². The van der Waals surface area contributed by atoms with Gasteiger partial charge in [0.05, 0.1) is 74.5 Å². The fourth-order valence-electron chi connectivity index (χ4n) is 14.8. The van der Waals surface area contributed by atoms with Crippen LogP contribution in [0.25, 0.3) is 10.8 Å². The van der Waals surface area contributed by atoms with Crippen LogP contribution in [0.5, 0.6) is 5.75 Å². The second-order valence-corrected chi connectivity index (χ2v) is 33.0. The smallest absolute Gasteiger partial charge is 0.407 e. The Balaban J connectivity index is 1.02. The highest BCUT2D eigenvalue weighted by Gasteiger charge is 2.49. The van der Waals surface area contributed by atoms with Crippen LogP contribution in [-0.2, 0) is 73.5 Å². The zero-order valence-corrected chi connectivity index (χ0v) is 70.6. The number of carboxylic acid groups (broad SMARTS) is 1. The summed E-state index contributed by atoms with van der Waals surface area (Å²) in [5, 5.41) is 32.1. The molecule has 12 atom stereocenters. The molecule has 0 aromatic heterocycles. The predicted octanol–water partition coefficient (Wildman–Crippen LogP) is 6.11. The molecule has 2 heterocycles. The summed E-state index contributed by atoms with van der Waals surface area (Å²) in [7, 11) is 9.64. The van der Waals surface area contributed by atoms with Crippen molar-refractivity contribution in [2.45, 2.75) is 212 Å². The third-order valence-electron chi connectivity index (χ3n) is 21.7. The van der Waals surface area contributed by atoms with E-state index in [-0.39, 0.29) is 143 Å². The van der Waals surface area contributed by atoms with Crippen LogP contribution in [0.2, 0.25) is 0 Å². The molecule has 13 amide bonds. The minimum atomic E-state index is -1.14. The van der Waals surface area contributed by atoms with Crippen molar-refractivity contribution in [1.82, 2.24) is 56.8 Å². The first-order chi connectivity index (χ1) is 54.9. The number of imide groups is 1. The quantitative estimate of drug-likeness (QED) is 0.0173. The van der Waals surface area contributed by atoms with E-state index in [4.69, 9.17) is 29.4 Å². The van der Waals surface area contributed by atoms with E-state index in [1.165, 1.54) is 35.8 Å². The number of ether oxygens (including phenoxy) is 5. The number of carboxylic acids is 1. The summed E-state index contributed by atoms with van der Waals surface area (Å²) < 4.78 is 28.9. The summed E-state index contributed by atoms with van der Waals surface area (Å²) in [5.74, 6) is -6.00. The molecular formula is C82H123N13O20S. The number of likely N-dealkylation sites (tertiary alicyclic amines) is 2. The Hall–Kier alpha value is -9.67. The lowest BCUT2D eigenvalue weighted by Gasteiger charge is -2.41. The molecule has 3 aliphatic rings. The average molecular weight is 1640 g/mol. The van der Waals surface area contributed by atoms with Gasteiger partial charge in [0.2, 0.25) is 53.2 Å². The number of carbonyl (C=O) groups is 14. The number of methoxy groups -OCH3 is 3. The highest BCUT2D eigenvalue weighted by Crippen LogP contribution is 2.52. The van der Waals surface area contributed by atoms with Gasteiger partial charge in [0.25, 0.3) is 0 Å². The van der Waals surface area contributed by atoms with Crippen LogP contribution >= 0.6 is 11.8 Å². The molecule has 0 bridgehead atoms. The van der Waals surface area contributed by atoms with Crippen molar-refractivity contribution in [2.75, 3.05) is 92.8 Å². The summed E-state index contributed by atoms with van der Waals surface area (Å²) in [5.41, 5.74) is 6.15. The van der Waals surface area contributed by atoms with Crippen LogP contribution < -0.4 is 53.0 Å². The van der Waals surface area contributed by atoms with Crippen LogP contribution in [-0.4, -0.2) is 255 Å². The number of anilines is 1. The Morgan fingerprint density at radius 1 is 0.707 bits per heavy atom. The zero-order valence-electron chi connectivity index (χ0n) is 69.8. The number of alkyl carbamates (subject to hydrolysis) is 2. The second-order valence-electron chi connectivity index (χ2n) is 31.8. The largest absolute Gasteiger partial charge is 0.497 e. The molecule has 1 saturated carbocycles. The molecule has 642 valence electrons. The van der Waals surface area contributed by atoms with Crippen LogP contribution in [0.1, 0.15) is 162 Å². The minimum absolute atomic E-state index is 0.00409. The SMILES string of the molecule is CC[C@H](C)C([C@@H](CC(=O)N1C[C@@H](OC(=O)NCCNC(=O)OCc2ccc(NC(=O)C(CCCNC(N)=O)NC(=O)[C@@H](NC(=O)CCCCCN3C(=O)CC(SCC4(CC(=O)O)CC4)C3=O)C(C)C)cc2)C[C@H]1[C@H](OC)[C@@H](C)C(=O)NCC(=O)c1ccc2cc(OC)ccc2c1)OC)N(C)C(=O)[C@@H](NC(=O)[C@H](C(C)C)N(C)C)C(C)C. The first kappa shape index (κ1) is 95.2. The van der Waals surface area contributed by atoms with E-state index in [1.54, 1.807) is 107 Å². The maximum absolute atomic E-state index is 15.1. The van der Waals surface area contributed by atoms with Crippen molar-refractivity contribution in [3.63, 3.8) is 0 Å². The normalized spacial score (nSPS) is 18.0. The number of ketones is 1. The van der Waals surface area contributed by atoms with Crippen molar-refractivity contribution < 1.29 is 95.9 Å². The third-order valence-corrected chi connectivity index (χ3v) is 23.3. The van der Waals surface area contributed by atoms with Crippen molar-refractivity contribution in [1.29, 1.82) is 0 Å². The topological polar surface area (TPSA) is 441 Å². The lowest BCUT2D eigenvalue weighted by Crippen LogP contribution is -2.59. The van der Waals surface area contributed by atoms with Crippen molar-refractivity contribution in [2.24, 2.45) is 40.7 Å². The Bertz CT molecular complexity index is 3890. The van der Waals surface area contributed by atoms with Gasteiger partial charge in [-0.1, -0.05) is 105 Å². The van der Waals surface area contributed by atoms with Gasteiger partial charge >= 0.3 is 24.2 Å². The zero-order chi connectivity index (χ0) is 85.8. The van der Waals surface area contributed by atoms with Gasteiger partial charge in [0.1, 0.15) is 36.6 Å². The van der Waals surface area contributed by atoms with Gasteiger partial charge < -0.3 is 86.9 Å². The Morgan fingerprint density at radius 3 is 1.97 bits per heavy atom. The Kier molecular flexibility index (Phi) is 37.5.